The molecule has 3 heterocycles. The molecule has 0 aliphatic carbocycles. The van der Waals surface area contributed by atoms with Gasteiger partial charge >= 0.3 is 5.97 Å². The highest BCUT2D eigenvalue weighted by atomic mass is 16.6. The average molecular weight is 529 g/mol. The van der Waals surface area contributed by atoms with Gasteiger partial charge in [-0.1, -0.05) is 13.0 Å². The van der Waals surface area contributed by atoms with Crippen molar-refractivity contribution in [3.05, 3.63) is 36.9 Å². The number of carbonyl (C=O) groups is 3. The summed E-state index contributed by atoms with van der Waals surface area (Å²) in [6, 6.07) is 6.29. The molecule has 5 atom stereocenters. The lowest BCUT2D eigenvalue weighted by molar-refractivity contribution is -0.160. The lowest BCUT2D eigenvalue weighted by Gasteiger charge is -2.37. The van der Waals surface area contributed by atoms with Gasteiger partial charge in [-0.25, -0.2) is 0 Å². The summed E-state index contributed by atoms with van der Waals surface area (Å²) in [7, 11) is 1.58. The number of unbranched alkanes of at least 4 members (excludes halogenated alkanes) is 2. The largest absolute Gasteiger partial charge is 0.497 e. The topological polar surface area (TPSA) is 106 Å². The number of aliphatic hydroxyl groups excluding tert-OH is 1. The number of ether oxygens (including phenoxy) is 3. The van der Waals surface area contributed by atoms with Crippen LogP contribution in [0.25, 0.3) is 0 Å². The predicted molar refractivity (Wildman–Crippen MR) is 142 cm³/mol. The minimum atomic E-state index is -1.11. The van der Waals surface area contributed by atoms with Crippen LogP contribution in [0.1, 0.15) is 52.4 Å². The number of nitrogens with zero attached hydrogens (tertiary/aromatic N) is 2. The number of benzene rings is 1. The maximum absolute atomic E-state index is 14.5. The molecule has 1 N–H and O–H groups in total. The maximum Gasteiger partial charge on any atom is 0.312 e. The highest BCUT2D eigenvalue weighted by molar-refractivity contribution is 6.04. The Morgan fingerprint density at radius 1 is 1.21 bits per heavy atom. The molecule has 38 heavy (non-hydrogen) atoms. The maximum atomic E-state index is 14.5. The normalized spacial score (nSPS) is 29.3. The van der Waals surface area contributed by atoms with Gasteiger partial charge in [0.25, 0.3) is 5.91 Å². The van der Waals surface area contributed by atoms with E-state index in [0.29, 0.717) is 50.1 Å². The van der Waals surface area contributed by atoms with Crippen molar-refractivity contribution in [1.82, 2.24) is 4.90 Å². The Morgan fingerprint density at radius 2 is 1.95 bits per heavy atom. The lowest BCUT2D eigenvalue weighted by Crippen LogP contribution is -2.56. The van der Waals surface area contributed by atoms with E-state index in [2.05, 4.69) is 6.58 Å². The molecule has 3 fully saturated rings. The summed E-state index contributed by atoms with van der Waals surface area (Å²) >= 11 is 0. The van der Waals surface area contributed by atoms with Crippen molar-refractivity contribution in [2.75, 3.05) is 38.3 Å². The molecule has 3 aliphatic heterocycles. The highest BCUT2D eigenvalue weighted by Crippen LogP contribution is 2.64. The van der Waals surface area contributed by atoms with Crippen molar-refractivity contribution < 1.29 is 33.7 Å². The summed E-state index contributed by atoms with van der Waals surface area (Å²) in [5, 5.41) is 9.23. The lowest BCUT2D eigenvalue weighted by atomic mass is 9.65. The van der Waals surface area contributed by atoms with Gasteiger partial charge in [0.2, 0.25) is 5.91 Å². The van der Waals surface area contributed by atoms with E-state index in [9.17, 15) is 19.5 Å². The van der Waals surface area contributed by atoms with Crippen molar-refractivity contribution in [2.45, 2.75) is 69.6 Å². The Hall–Kier alpha value is -2.91. The first kappa shape index (κ1) is 28.1. The SMILES string of the molecule is C=CCN(C(=O)C1N(CCCCCO)C(=O)[C@@H]2[C@@H](C(=O)OCC)[C@@]3(CC)CCC12O3)c1ccc(OC)cc1. The Kier molecular flexibility index (Phi) is 8.47. The summed E-state index contributed by atoms with van der Waals surface area (Å²) in [6.07, 6.45) is 5.27. The summed E-state index contributed by atoms with van der Waals surface area (Å²) < 4.78 is 17.5. The molecule has 0 aromatic heterocycles. The molecule has 2 bridgehead atoms. The van der Waals surface area contributed by atoms with Gasteiger partial charge in [0.15, 0.2) is 0 Å². The van der Waals surface area contributed by atoms with E-state index in [1.807, 2.05) is 6.92 Å². The first-order valence-electron chi connectivity index (χ1n) is 13.7. The molecule has 1 aromatic rings. The van der Waals surface area contributed by atoms with Crippen molar-refractivity contribution in [3.8, 4) is 5.75 Å². The minimum Gasteiger partial charge on any atom is -0.497 e. The molecule has 4 rings (SSSR count). The first-order valence-corrected chi connectivity index (χ1v) is 13.7. The minimum absolute atomic E-state index is 0.0700. The summed E-state index contributed by atoms with van der Waals surface area (Å²) in [4.78, 5) is 45.1. The molecule has 0 saturated carbocycles. The molecule has 0 radical (unpaired) electrons. The summed E-state index contributed by atoms with van der Waals surface area (Å²) in [5.41, 5.74) is -1.27. The van der Waals surface area contributed by atoms with Crippen LogP contribution < -0.4 is 9.64 Å². The van der Waals surface area contributed by atoms with Gasteiger partial charge in [-0.05, 0) is 69.7 Å². The molecule has 208 valence electrons. The molecular weight excluding hydrogens is 488 g/mol. The average Bonchev–Trinajstić information content (AvgIpc) is 3.53. The number of rotatable bonds is 13. The number of esters is 1. The second-order valence-electron chi connectivity index (χ2n) is 10.3. The molecule has 2 amide bonds. The fourth-order valence-electron chi connectivity index (χ4n) is 6.76. The Labute approximate surface area is 224 Å². The zero-order chi connectivity index (χ0) is 27.5. The zero-order valence-corrected chi connectivity index (χ0v) is 22.7. The van der Waals surface area contributed by atoms with E-state index >= 15 is 0 Å². The van der Waals surface area contributed by atoms with E-state index in [1.54, 1.807) is 54.2 Å². The quantitative estimate of drug-likeness (QED) is 0.238. The molecular formula is C29H40N2O7. The zero-order valence-electron chi connectivity index (χ0n) is 22.7. The number of hydrogen-bond donors (Lipinski definition) is 1. The second-order valence-corrected chi connectivity index (χ2v) is 10.3. The van der Waals surface area contributed by atoms with Crippen LogP contribution in [-0.4, -0.2) is 78.4 Å². The van der Waals surface area contributed by atoms with E-state index in [0.717, 1.165) is 6.42 Å². The van der Waals surface area contributed by atoms with Crippen molar-refractivity contribution >= 4 is 23.5 Å². The summed E-state index contributed by atoms with van der Waals surface area (Å²) in [5.74, 6) is -1.78. The fraction of sp³-hybridized carbons (Fsp3) is 0.621. The van der Waals surface area contributed by atoms with E-state index in [1.165, 1.54) is 0 Å². The van der Waals surface area contributed by atoms with E-state index < -0.39 is 35.0 Å². The van der Waals surface area contributed by atoms with Crippen LogP contribution in [-0.2, 0) is 23.9 Å². The van der Waals surface area contributed by atoms with E-state index in [4.69, 9.17) is 14.2 Å². The first-order chi connectivity index (χ1) is 18.3. The van der Waals surface area contributed by atoms with Crippen LogP contribution in [0.4, 0.5) is 5.69 Å². The molecule has 3 saturated heterocycles. The number of amides is 2. The van der Waals surface area contributed by atoms with Crippen LogP contribution >= 0.6 is 0 Å². The number of hydrogen-bond acceptors (Lipinski definition) is 7. The third-order valence-electron chi connectivity index (χ3n) is 8.47. The number of anilines is 1. The number of fused-ring (bicyclic) bond motifs is 1. The molecule has 2 unspecified atom stereocenters. The molecule has 1 aromatic carbocycles. The Morgan fingerprint density at radius 3 is 2.55 bits per heavy atom. The monoisotopic (exact) mass is 528 g/mol. The van der Waals surface area contributed by atoms with Gasteiger partial charge in [0.05, 0.1) is 25.2 Å². The van der Waals surface area contributed by atoms with Crippen LogP contribution in [0.3, 0.4) is 0 Å². The molecule has 1 spiro atoms. The van der Waals surface area contributed by atoms with Crippen LogP contribution in [0, 0.1) is 11.8 Å². The van der Waals surface area contributed by atoms with Crippen LogP contribution in [0.5, 0.6) is 5.75 Å². The number of carbonyl (C=O) groups excluding carboxylic acids is 3. The highest BCUT2D eigenvalue weighted by Gasteiger charge is 2.79. The van der Waals surface area contributed by atoms with Crippen LogP contribution in [0.2, 0.25) is 0 Å². The molecule has 9 nitrogen and oxygen atoms in total. The number of aliphatic hydroxyl groups is 1. The fourth-order valence-corrected chi connectivity index (χ4v) is 6.76. The van der Waals surface area contributed by atoms with Crippen molar-refractivity contribution in [3.63, 3.8) is 0 Å². The third kappa shape index (κ3) is 4.49. The van der Waals surface area contributed by atoms with Crippen molar-refractivity contribution in [1.29, 1.82) is 0 Å². The third-order valence-corrected chi connectivity index (χ3v) is 8.47. The number of likely N-dealkylation sites (tertiary alicyclic amines) is 1. The molecule has 3 aliphatic rings. The Bertz CT molecular complexity index is 1040. The predicted octanol–water partition coefficient (Wildman–Crippen LogP) is 3.09. The van der Waals surface area contributed by atoms with Gasteiger partial charge in [0.1, 0.15) is 23.3 Å². The van der Waals surface area contributed by atoms with E-state index in [-0.39, 0.29) is 31.6 Å². The van der Waals surface area contributed by atoms with Gasteiger partial charge < -0.3 is 29.1 Å². The van der Waals surface area contributed by atoms with Gasteiger partial charge in [-0.3, -0.25) is 14.4 Å². The van der Waals surface area contributed by atoms with Gasteiger partial charge in [-0.15, -0.1) is 6.58 Å². The van der Waals surface area contributed by atoms with Gasteiger partial charge in [0, 0.05) is 25.4 Å². The Balaban J connectivity index is 1.77. The number of methoxy groups -OCH3 is 1. The molecule has 9 heteroatoms. The smallest absolute Gasteiger partial charge is 0.312 e. The van der Waals surface area contributed by atoms with Crippen LogP contribution in [0.15, 0.2) is 36.9 Å². The standard InChI is InChI=1S/C29H40N2O7/c1-5-17-30(20-11-13-21(36-4)14-12-20)26(34)24-29-16-15-28(6-2,38-29)23(27(35)37-7-3)22(29)25(33)31(24)18-9-8-10-19-32/h5,11-14,22-24,32H,1,6-10,15-19H2,2-4H3/t22-,23-,24?,28+,29?/m0/s1. The second kappa shape index (κ2) is 11.5. The summed E-state index contributed by atoms with van der Waals surface area (Å²) in [6.45, 7) is 8.43. The van der Waals surface area contributed by atoms with Crippen molar-refractivity contribution in [2.24, 2.45) is 11.8 Å². The van der Waals surface area contributed by atoms with Gasteiger partial charge in [-0.2, -0.15) is 0 Å².